The average Bonchev–Trinajstić information content (AvgIpc) is 2.66. The van der Waals surface area contributed by atoms with Crippen LogP contribution in [-0.2, 0) is 4.79 Å². The van der Waals surface area contributed by atoms with Crippen molar-refractivity contribution in [3.05, 3.63) is 29.6 Å². The SMILES string of the molecule is CC(C)(NC(=O)CN1CCC(CNC(=O)c2ccc(F)c(OC(F)(F)F)c2)CC1)C(F)(F)F. The van der Waals surface area contributed by atoms with Crippen LogP contribution in [0.15, 0.2) is 18.2 Å². The number of piperidine rings is 1. The molecule has 1 fully saturated rings. The number of carbonyl (C=O) groups is 2. The molecule has 0 aromatic heterocycles. The van der Waals surface area contributed by atoms with Gasteiger partial charge in [0, 0.05) is 12.1 Å². The Labute approximate surface area is 185 Å². The molecule has 2 rings (SSSR count). The molecular formula is C20H24F7N3O3. The number of nitrogens with zero attached hydrogens (tertiary/aromatic N) is 1. The molecule has 2 amide bonds. The highest BCUT2D eigenvalue weighted by atomic mass is 19.4. The second kappa shape index (κ2) is 10.1. The van der Waals surface area contributed by atoms with Crippen molar-refractivity contribution in [1.82, 2.24) is 15.5 Å². The Morgan fingerprint density at radius 2 is 1.70 bits per heavy atom. The molecule has 2 N–H and O–H groups in total. The van der Waals surface area contributed by atoms with E-state index in [1.807, 2.05) is 5.32 Å². The number of hydrogen-bond acceptors (Lipinski definition) is 4. The minimum Gasteiger partial charge on any atom is -0.403 e. The van der Waals surface area contributed by atoms with E-state index in [1.165, 1.54) is 0 Å². The Balaban J connectivity index is 1.80. The fourth-order valence-corrected chi connectivity index (χ4v) is 3.20. The van der Waals surface area contributed by atoms with Crippen molar-refractivity contribution in [2.45, 2.75) is 44.8 Å². The largest absolute Gasteiger partial charge is 0.573 e. The first-order chi connectivity index (χ1) is 15.1. The Morgan fingerprint density at radius 1 is 1.09 bits per heavy atom. The zero-order valence-corrected chi connectivity index (χ0v) is 17.9. The molecule has 1 aliphatic rings. The molecular weight excluding hydrogens is 463 g/mol. The third-order valence-electron chi connectivity index (χ3n) is 5.21. The number of nitrogens with one attached hydrogen (secondary N) is 2. The van der Waals surface area contributed by atoms with Gasteiger partial charge in [-0.15, -0.1) is 13.2 Å². The van der Waals surface area contributed by atoms with Crippen LogP contribution >= 0.6 is 0 Å². The highest BCUT2D eigenvalue weighted by Gasteiger charge is 2.48. The van der Waals surface area contributed by atoms with E-state index in [2.05, 4.69) is 10.1 Å². The monoisotopic (exact) mass is 487 g/mol. The van der Waals surface area contributed by atoms with Gasteiger partial charge in [-0.1, -0.05) is 0 Å². The molecule has 0 atom stereocenters. The Hall–Kier alpha value is -2.57. The number of benzene rings is 1. The fraction of sp³-hybridized carbons (Fsp3) is 0.600. The van der Waals surface area contributed by atoms with E-state index in [1.54, 1.807) is 4.90 Å². The molecule has 1 heterocycles. The molecule has 33 heavy (non-hydrogen) atoms. The first-order valence-electron chi connectivity index (χ1n) is 10.0. The molecule has 1 aromatic rings. The first-order valence-corrected chi connectivity index (χ1v) is 10.0. The van der Waals surface area contributed by atoms with E-state index in [9.17, 15) is 40.3 Å². The van der Waals surface area contributed by atoms with Gasteiger partial charge in [0.25, 0.3) is 5.91 Å². The molecule has 0 aliphatic carbocycles. The number of amides is 2. The van der Waals surface area contributed by atoms with E-state index < -0.39 is 41.5 Å². The van der Waals surface area contributed by atoms with Gasteiger partial charge in [0.05, 0.1) is 6.54 Å². The van der Waals surface area contributed by atoms with Gasteiger partial charge in [-0.3, -0.25) is 14.5 Å². The molecule has 0 spiro atoms. The maximum Gasteiger partial charge on any atom is 0.573 e. The fourth-order valence-electron chi connectivity index (χ4n) is 3.20. The van der Waals surface area contributed by atoms with E-state index >= 15 is 0 Å². The number of rotatable bonds is 7. The second-order valence-electron chi connectivity index (χ2n) is 8.29. The third-order valence-corrected chi connectivity index (χ3v) is 5.21. The van der Waals surface area contributed by atoms with Crippen LogP contribution in [0.3, 0.4) is 0 Å². The molecule has 186 valence electrons. The number of carbonyl (C=O) groups excluding carboxylic acids is 2. The van der Waals surface area contributed by atoms with Gasteiger partial charge >= 0.3 is 12.5 Å². The lowest BCUT2D eigenvalue weighted by molar-refractivity contribution is -0.275. The van der Waals surface area contributed by atoms with Gasteiger partial charge in [-0.2, -0.15) is 13.2 Å². The molecule has 0 radical (unpaired) electrons. The van der Waals surface area contributed by atoms with Gasteiger partial charge in [-0.25, -0.2) is 4.39 Å². The van der Waals surface area contributed by atoms with E-state index in [4.69, 9.17) is 0 Å². The van der Waals surface area contributed by atoms with Crippen molar-refractivity contribution < 1.29 is 45.1 Å². The number of ether oxygens (including phenoxy) is 1. The van der Waals surface area contributed by atoms with Crippen molar-refractivity contribution in [1.29, 1.82) is 0 Å². The van der Waals surface area contributed by atoms with Crippen molar-refractivity contribution in [2.24, 2.45) is 5.92 Å². The van der Waals surface area contributed by atoms with Crippen LogP contribution in [0, 0.1) is 11.7 Å². The summed E-state index contributed by atoms with van der Waals surface area (Å²) in [6.45, 7) is 2.57. The molecule has 1 saturated heterocycles. The lowest BCUT2D eigenvalue weighted by Crippen LogP contribution is -2.56. The zero-order chi connectivity index (χ0) is 25.0. The molecule has 6 nitrogen and oxygen atoms in total. The summed E-state index contributed by atoms with van der Waals surface area (Å²) in [7, 11) is 0. The van der Waals surface area contributed by atoms with Crippen LogP contribution in [0.4, 0.5) is 30.7 Å². The normalized spacial score (nSPS) is 16.4. The lowest BCUT2D eigenvalue weighted by atomic mass is 9.96. The standard InChI is InChI=1S/C20H24F7N3O3/c1-18(2,19(22,23)24)29-16(31)11-30-7-5-12(6-8-30)10-28-17(32)13-3-4-14(21)15(9-13)33-20(25,26)27/h3-4,9,12H,5-8,10-11H2,1-2H3,(H,28,32)(H,29,31). The topological polar surface area (TPSA) is 70.7 Å². The molecule has 13 heteroatoms. The number of halogens is 7. The predicted octanol–water partition coefficient (Wildman–Crippen LogP) is 3.62. The van der Waals surface area contributed by atoms with Crippen LogP contribution in [0.2, 0.25) is 0 Å². The van der Waals surface area contributed by atoms with Crippen molar-refractivity contribution in [3.63, 3.8) is 0 Å². The summed E-state index contributed by atoms with van der Waals surface area (Å²) in [5.74, 6) is -3.85. The molecule has 1 aromatic carbocycles. The average molecular weight is 487 g/mol. The summed E-state index contributed by atoms with van der Waals surface area (Å²) < 4.78 is 92.6. The predicted molar refractivity (Wildman–Crippen MR) is 103 cm³/mol. The quantitative estimate of drug-likeness (QED) is 0.577. The van der Waals surface area contributed by atoms with Gasteiger partial charge in [0.1, 0.15) is 5.54 Å². The summed E-state index contributed by atoms with van der Waals surface area (Å²) in [6, 6.07) is 2.37. The summed E-state index contributed by atoms with van der Waals surface area (Å²) >= 11 is 0. The second-order valence-corrected chi connectivity index (χ2v) is 8.29. The van der Waals surface area contributed by atoms with Crippen LogP contribution in [0.1, 0.15) is 37.0 Å². The molecule has 0 saturated carbocycles. The van der Waals surface area contributed by atoms with E-state index in [-0.39, 0.29) is 24.6 Å². The zero-order valence-electron chi connectivity index (χ0n) is 17.9. The van der Waals surface area contributed by atoms with Crippen LogP contribution in [0.5, 0.6) is 5.75 Å². The van der Waals surface area contributed by atoms with Crippen molar-refractivity contribution in [2.75, 3.05) is 26.2 Å². The Morgan fingerprint density at radius 3 is 2.24 bits per heavy atom. The van der Waals surface area contributed by atoms with Crippen LogP contribution in [0.25, 0.3) is 0 Å². The molecule has 0 bridgehead atoms. The summed E-state index contributed by atoms with van der Waals surface area (Å²) in [5.41, 5.74) is -2.56. The van der Waals surface area contributed by atoms with Crippen LogP contribution < -0.4 is 15.4 Å². The summed E-state index contributed by atoms with van der Waals surface area (Å²) in [5, 5.41) is 4.53. The molecule has 1 aliphatic heterocycles. The summed E-state index contributed by atoms with van der Waals surface area (Å²) in [4.78, 5) is 25.9. The van der Waals surface area contributed by atoms with Crippen LogP contribution in [-0.4, -0.2) is 61.0 Å². The maximum absolute atomic E-state index is 13.5. The minimum absolute atomic E-state index is 0.00813. The van der Waals surface area contributed by atoms with Gasteiger partial charge in [0.15, 0.2) is 11.6 Å². The maximum atomic E-state index is 13.5. The smallest absolute Gasteiger partial charge is 0.403 e. The summed E-state index contributed by atoms with van der Waals surface area (Å²) in [6.07, 6.45) is -8.61. The van der Waals surface area contributed by atoms with Crippen molar-refractivity contribution >= 4 is 11.8 Å². The number of likely N-dealkylation sites (tertiary alicyclic amines) is 1. The Kier molecular flexibility index (Phi) is 8.20. The van der Waals surface area contributed by atoms with Gasteiger partial charge < -0.3 is 15.4 Å². The number of alkyl halides is 6. The van der Waals surface area contributed by atoms with Gasteiger partial charge in [-0.05, 0) is 63.9 Å². The number of hydrogen-bond donors (Lipinski definition) is 2. The third kappa shape index (κ3) is 8.06. The molecule has 0 unspecified atom stereocenters. The van der Waals surface area contributed by atoms with Crippen molar-refractivity contribution in [3.8, 4) is 5.75 Å². The highest BCUT2D eigenvalue weighted by molar-refractivity contribution is 5.94. The van der Waals surface area contributed by atoms with Gasteiger partial charge in [0.2, 0.25) is 5.91 Å². The lowest BCUT2D eigenvalue weighted by Gasteiger charge is -2.33. The minimum atomic E-state index is -5.11. The Bertz CT molecular complexity index is 848. The van der Waals surface area contributed by atoms with E-state index in [0.29, 0.717) is 38.1 Å². The highest BCUT2D eigenvalue weighted by Crippen LogP contribution is 2.29. The van der Waals surface area contributed by atoms with E-state index in [0.717, 1.165) is 19.9 Å². The first kappa shape index (κ1) is 26.7.